The number of hydrazone groups is 1. The molecule has 0 aliphatic heterocycles. The van der Waals surface area contributed by atoms with Gasteiger partial charge in [-0.3, -0.25) is 4.79 Å². The van der Waals surface area contributed by atoms with Crippen molar-refractivity contribution in [3.05, 3.63) is 52.6 Å². The fraction of sp³-hybridized carbons (Fsp3) is 0.368. The summed E-state index contributed by atoms with van der Waals surface area (Å²) in [5.74, 6) is 0.212. The molecule has 0 aromatic heterocycles. The molecular formula is C19H24ClN3O. The molecule has 2 rings (SSSR count). The Morgan fingerprint density at radius 3 is 2.88 bits per heavy atom. The van der Waals surface area contributed by atoms with Crippen molar-refractivity contribution in [2.45, 2.75) is 33.6 Å². The lowest BCUT2D eigenvalue weighted by Crippen LogP contribution is -2.28. The number of carbonyl (C=O) groups is 1. The van der Waals surface area contributed by atoms with Crippen LogP contribution in [0.25, 0.3) is 0 Å². The molecule has 0 unspecified atom stereocenters. The number of carbonyl (C=O) groups excluding carboxylic acids is 1. The fourth-order valence-corrected chi connectivity index (χ4v) is 2.74. The van der Waals surface area contributed by atoms with E-state index < -0.39 is 0 Å². The van der Waals surface area contributed by atoms with Gasteiger partial charge in [-0.25, -0.2) is 5.43 Å². The van der Waals surface area contributed by atoms with Gasteiger partial charge >= 0.3 is 0 Å². The quantitative estimate of drug-likeness (QED) is 0.611. The van der Waals surface area contributed by atoms with Crippen LogP contribution in [0.3, 0.4) is 0 Å². The first-order valence-electron chi connectivity index (χ1n) is 8.05. The molecule has 24 heavy (non-hydrogen) atoms. The Balaban J connectivity index is 1.92. The molecule has 1 aliphatic rings. The van der Waals surface area contributed by atoms with Gasteiger partial charge in [-0.2, -0.15) is 5.10 Å². The topological polar surface area (TPSA) is 53.5 Å². The molecule has 0 saturated carbocycles. The van der Waals surface area contributed by atoms with Gasteiger partial charge in [0.15, 0.2) is 0 Å². The zero-order chi connectivity index (χ0) is 17.7. The van der Waals surface area contributed by atoms with E-state index in [-0.39, 0.29) is 12.5 Å². The van der Waals surface area contributed by atoms with Gasteiger partial charge in [0, 0.05) is 10.7 Å². The molecule has 1 aromatic carbocycles. The molecule has 128 valence electrons. The first-order valence-corrected chi connectivity index (χ1v) is 8.43. The van der Waals surface area contributed by atoms with Crippen LogP contribution >= 0.6 is 11.6 Å². The van der Waals surface area contributed by atoms with E-state index in [2.05, 4.69) is 28.5 Å². The van der Waals surface area contributed by atoms with Crippen molar-refractivity contribution < 1.29 is 4.79 Å². The maximum absolute atomic E-state index is 12.0. The van der Waals surface area contributed by atoms with Crippen molar-refractivity contribution in [2.75, 3.05) is 11.9 Å². The standard InChI is InChI=1S/C19H24ClN3O/c1-12(2)15-9-8-13(3)18(10-15)22-23-19(24)11-21-17-7-5-6-16(20)14(17)4/h5-8,15,21H,1,9-11H2,2-4H3,(H,23,24)/b22-18+/t15-/m1/s1. The Kier molecular flexibility index (Phi) is 6.21. The SMILES string of the molecule is C=C(C)[C@@H]1CC=C(C)/C(=N/NC(=O)CNc2cccc(Cl)c2C)C1. The second-order valence-corrected chi connectivity index (χ2v) is 6.64. The summed E-state index contributed by atoms with van der Waals surface area (Å²) in [5, 5.41) is 8.05. The van der Waals surface area contributed by atoms with Crippen LogP contribution in [-0.4, -0.2) is 18.2 Å². The number of nitrogens with zero attached hydrogens (tertiary/aromatic N) is 1. The van der Waals surface area contributed by atoms with E-state index in [4.69, 9.17) is 11.6 Å². The first kappa shape index (κ1) is 18.3. The Morgan fingerprint density at radius 1 is 1.42 bits per heavy atom. The van der Waals surface area contributed by atoms with Crippen LogP contribution in [0, 0.1) is 12.8 Å². The zero-order valence-corrected chi connectivity index (χ0v) is 15.2. The average Bonchev–Trinajstić information content (AvgIpc) is 2.55. The highest BCUT2D eigenvalue weighted by Gasteiger charge is 2.18. The van der Waals surface area contributed by atoms with Gasteiger partial charge in [0.25, 0.3) is 5.91 Å². The van der Waals surface area contributed by atoms with E-state index in [0.717, 1.165) is 41.0 Å². The minimum Gasteiger partial charge on any atom is -0.376 e. The van der Waals surface area contributed by atoms with Crippen LogP contribution in [0.1, 0.15) is 32.3 Å². The second kappa shape index (κ2) is 8.15. The lowest BCUT2D eigenvalue weighted by atomic mass is 9.85. The largest absolute Gasteiger partial charge is 0.376 e. The third-order valence-electron chi connectivity index (χ3n) is 4.32. The van der Waals surface area contributed by atoms with Crippen molar-refractivity contribution >= 4 is 28.9 Å². The molecule has 1 atom stereocenters. The van der Waals surface area contributed by atoms with Crippen molar-refractivity contribution in [2.24, 2.45) is 11.0 Å². The summed E-state index contributed by atoms with van der Waals surface area (Å²) in [6, 6.07) is 5.57. The molecule has 0 radical (unpaired) electrons. The lowest BCUT2D eigenvalue weighted by molar-refractivity contribution is -0.119. The molecule has 4 nitrogen and oxygen atoms in total. The number of allylic oxidation sites excluding steroid dienone is 3. The van der Waals surface area contributed by atoms with E-state index in [1.165, 1.54) is 0 Å². The van der Waals surface area contributed by atoms with Gasteiger partial charge in [-0.15, -0.1) is 0 Å². The monoisotopic (exact) mass is 345 g/mol. The predicted octanol–water partition coefficient (Wildman–Crippen LogP) is 4.46. The molecule has 0 spiro atoms. The maximum Gasteiger partial charge on any atom is 0.259 e. The smallest absolute Gasteiger partial charge is 0.259 e. The van der Waals surface area contributed by atoms with Crippen molar-refractivity contribution in [3.8, 4) is 0 Å². The summed E-state index contributed by atoms with van der Waals surface area (Å²) in [5.41, 5.74) is 7.59. The highest BCUT2D eigenvalue weighted by molar-refractivity contribution is 6.31. The number of benzene rings is 1. The molecule has 0 heterocycles. The normalized spacial score (nSPS) is 18.9. The number of rotatable bonds is 5. The molecule has 0 bridgehead atoms. The van der Waals surface area contributed by atoms with Crippen LogP contribution in [-0.2, 0) is 4.79 Å². The van der Waals surface area contributed by atoms with E-state index in [0.29, 0.717) is 10.9 Å². The molecule has 0 fully saturated rings. The van der Waals surface area contributed by atoms with Crippen molar-refractivity contribution in [1.82, 2.24) is 5.43 Å². The van der Waals surface area contributed by atoms with Gasteiger partial charge in [-0.1, -0.05) is 35.9 Å². The van der Waals surface area contributed by atoms with Gasteiger partial charge in [0.2, 0.25) is 0 Å². The minimum atomic E-state index is -0.188. The Labute approximate surface area is 148 Å². The lowest BCUT2D eigenvalue weighted by Gasteiger charge is -2.22. The van der Waals surface area contributed by atoms with Crippen LogP contribution in [0.4, 0.5) is 5.69 Å². The van der Waals surface area contributed by atoms with E-state index in [1.54, 1.807) is 0 Å². The van der Waals surface area contributed by atoms with Crippen LogP contribution in [0.15, 0.2) is 47.1 Å². The Hall–Kier alpha value is -2.07. The molecule has 2 N–H and O–H groups in total. The van der Waals surface area contributed by atoms with Crippen molar-refractivity contribution in [3.63, 3.8) is 0 Å². The highest BCUT2D eigenvalue weighted by Crippen LogP contribution is 2.26. The summed E-state index contributed by atoms with van der Waals surface area (Å²) in [7, 11) is 0. The molecule has 5 heteroatoms. The predicted molar refractivity (Wildman–Crippen MR) is 102 cm³/mol. The highest BCUT2D eigenvalue weighted by atomic mass is 35.5. The summed E-state index contributed by atoms with van der Waals surface area (Å²) in [6.45, 7) is 10.1. The van der Waals surface area contributed by atoms with Gasteiger partial charge in [0.1, 0.15) is 0 Å². The molecule has 1 aliphatic carbocycles. The third-order valence-corrected chi connectivity index (χ3v) is 4.73. The Morgan fingerprint density at radius 2 is 2.17 bits per heavy atom. The number of nitrogens with one attached hydrogen (secondary N) is 2. The van der Waals surface area contributed by atoms with E-state index in [9.17, 15) is 4.79 Å². The van der Waals surface area contributed by atoms with Gasteiger partial charge in [0.05, 0.1) is 12.3 Å². The molecular weight excluding hydrogens is 322 g/mol. The second-order valence-electron chi connectivity index (χ2n) is 6.23. The summed E-state index contributed by atoms with van der Waals surface area (Å²) in [4.78, 5) is 12.0. The number of amides is 1. The number of halogens is 1. The first-order chi connectivity index (χ1) is 11.4. The fourth-order valence-electron chi connectivity index (χ4n) is 2.57. The third kappa shape index (κ3) is 4.71. The Bertz CT molecular complexity index is 707. The number of hydrogen-bond acceptors (Lipinski definition) is 3. The number of hydrogen-bond donors (Lipinski definition) is 2. The molecule has 0 saturated heterocycles. The summed E-state index contributed by atoms with van der Waals surface area (Å²) in [6.07, 6.45) is 3.96. The van der Waals surface area contributed by atoms with Crippen molar-refractivity contribution in [1.29, 1.82) is 0 Å². The average molecular weight is 346 g/mol. The van der Waals surface area contributed by atoms with Gasteiger partial charge in [-0.05, 0) is 62.8 Å². The van der Waals surface area contributed by atoms with Crippen LogP contribution in [0.5, 0.6) is 0 Å². The summed E-state index contributed by atoms with van der Waals surface area (Å²) < 4.78 is 0. The van der Waals surface area contributed by atoms with Crippen LogP contribution in [0.2, 0.25) is 5.02 Å². The summed E-state index contributed by atoms with van der Waals surface area (Å²) >= 11 is 6.07. The van der Waals surface area contributed by atoms with E-state index >= 15 is 0 Å². The molecule has 1 aromatic rings. The van der Waals surface area contributed by atoms with Gasteiger partial charge < -0.3 is 5.32 Å². The maximum atomic E-state index is 12.0. The van der Waals surface area contributed by atoms with E-state index in [1.807, 2.05) is 39.0 Å². The minimum absolute atomic E-state index is 0.143. The van der Waals surface area contributed by atoms with Crippen LogP contribution < -0.4 is 10.7 Å². The number of anilines is 1. The zero-order valence-electron chi connectivity index (χ0n) is 14.4. The molecule has 1 amide bonds.